The standard InChI is InChI=1S/C19H20Cl2N4S/c1-11(2)17(15-5-3-4-6-23-15)18-19(25-16(10-22)24-18)26-14-8-12(20)7-13(21)9-14/h3-9,11,17H,10,22H2,1-2H3,(H,24,25). The second-order valence-corrected chi connectivity index (χ2v) is 8.24. The molecule has 0 radical (unpaired) electrons. The maximum atomic E-state index is 6.14. The Labute approximate surface area is 167 Å². The summed E-state index contributed by atoms with van der Waals surface area (Å²) in [5.74, 6) is 1.13. The number of rotatable bonds is 6. The minimum Gasteiger partial charge on any atom is -0.336 e. The second kappa shape index (κ2) is 8.44. The number of imidazole rings is 1. The molecule has 0 aliphatic carbocycles. The van der Waals surface area contributed by atoms with Crippen LogP contribution in [0.15, 0.2) is 52.5 Å². The molecule has 26 heavy (non-hydrogen) atoms. The van der Waals surface area contributed by atoms with E-state index in [2.05, 4.69) is 23.8 Å². The SMILES string of the molecule is CC(C)C(c1ccccn1)c1nc(CN)[nH]c1Sc1cc(Cl)cc(Cl)c1. The first-order valence-electron chi connectivity index (χ1n) is 8.31. The van der Waals surface area contributed by atoms with E-state index in [1.807, 2.05) is 36.5 Å². The van der Waals surface area contributed by atoms with Crippen molar-refractivity contribution in [3.63, 3.8) is 0 Å². The molecule has 0 amide bonds. The molecule has 0 spiro atoms. The van der Waals surface area contributed by atoms with Gasteiger partial charge in [0.25, 0.3) is 0 Å². The largest absolute Gasteiger partial charge is 0.336 e. The molecule has 0 aliphatic heterocycles. The lowest BCUT2D eigenvalue weighted by Crippen LogP contribution is -2.12. The molecule has 0 bridgehead atoms. The molecular weight excluding hydrogens is 387 g/mol. The summed E-state index contributed by atoms with van der Waals surface area (Å²) in [6.45, 7) is 4.68. The molecule has 1 unspecified atom stereocenters. The van der Waals surface area contributed by atoms with Gasteiger partial charge >= 0.3 is 0 Å². The Balaban J connectivity index is 2.04. The molecule has 4 nitrogen and oxygen atoms in total. The summed E-state index contributed by atoms with van der Waals surface area (Å²) in [6, 6.07) is 11.4. The van der Waals surface area contributed by atoms with E-state index in [0.717, 1.165) is 27.1 Å². The minimum absolute atomic E-state index is 0.0601. The molecule has 2 aromatic heterocycles. The first-order chi connectivity index (χ1) is 12.5. The molecule has 0 fully saturated rings. The van der Waals surface area contributed by atoms with Crippen molar-refractivity contribution in [2.24, 2.45) is 11.7 Å². The number of benzene rings is 1. The van der Waals surface area contributed by atoms with E-state index >= 15 is 0 Å². The fourth-order valence-electron chi connectivity index (χ4n) is 2.87. The van der Waals surface area contributed by atoms with Crippen LogP contribution in [0.25, 0.3) is 0 Å². The zero-order valence-electron chi connectivity index (χ0n) is 14.5. The average molecular weight is 407 g/mol. The maximum Gasteiger partial charge on any atom is 0.121 e. The molecule has 3 rings (SSSR count). The van der Waals surface area contributed by atoms with Crippen molar-refractivity contribution in [3.8, 4) is 0 Å². The van der Waals surface area contributed by atoms with Gasteiger partial charge in [-0.05, 0) is 36.2 Å². The van der Waals surface area contributed by atoms with E-state index in [-0.39, 0.29) is 5.92 Å². The van der Waals surface area contributed by atoms with Crippen molar-refractivity contribution < 1.29 is 0 Å². The van der Waals surface area contributed by atoms with Gasteiger partial charge in [-0.1, -0.05) is 54.9 Å². The Morgan fingerprint density at radius 3 is 2.46 bits per heavy atom. The predicted octanol–water partition coefficient (Wildman–Crippen LogP) is 5.51. The molecule has 0 saturated carbocycles. The van der Waals surface area contributed by atoms with Crippen molar-refractivity contribution >= 4 is 35.0 Å². The molecular formula is C19H20Cl2N4S. The van der Waals surface area contributed by atoms with Gasteiger partial charge in [0.15, 0.2) is 0 Å². The van der Waals surface area contributed by atoms with Crippen LogP contribution in [-0.2, 0) is 6.54 Å². The number of H-pyrrole nitrogens is 1. The zero-order valence-corrected chi connectivity index (χ0v) is 16.9. The third kappa shape index (κ3) is 4.41. The molecule has 7 heteroatoms. The summed E-state index contributed by atoms with van der Waals surface area (Å²) >= 11 is 13.8. The summed E-state index contributed by atoms with van der Waals surface area (Å²) in [5.41, 5.74) is 7.76. The van der Waals surface area contributed by atoms with Crippen LogP contribution in [0.4, 0.5) is 0 Å². The normalized spacial score (nSPS) is 12.5. The van der Waals surface area contributed by atoms with E-state index in [1.165, 1.54) is 0 Å². The number of nitrogens with two attached hydrogens (primary N) is 1. The summed E-state index contributed by atoms with van der Waals surface area (Å²) in [7, 11) is 0. The maximum absolute atomic E-state index is 6.14. The number of nitrogens with zero attached hydrogens (tertiary/aromatic N) is 2. The predicted molar refractivity (Wildman–Crippen MR) is 108 cm³/mol. The van der Waals surface area contributed by atoms with Crippen molar-refractivity contribution in [1.82, 2.24) is 15.0 Å². The van der Waals surface area contributed by atoms with Crippen molar-refractivity contribution in [3.05, 3.63) is 69.9 Å². The fourth-order valence-corrected chi connectivity index (χ4v) is 4.58. The number of hydrogen-bond acceptors (Lipinski definition) is 4. The third-order valence-corrected chi connectivity index (χ3v) is 5.39. The van der Waals surface area contributed by atoms with Crippen LogP contribution >= 0.6 is 35.0 Å². The zero-order chi connectivity index (χ0) is 18.7. The highest BCUT2D eigenvalue weighted by atomic mass is 35.5. The van der Waals surface area contributed by atoms with Gasteiger partial charge in [-0.15, -0.1) is 0 Å². The van der Waals surface area contributed by atoms with E-state index in [1.54, 1.807) is 17.8 Å². The topological polar surface area (TPSA) is 67.6 Å². The summed E-state index contributed by atoms with van der Waals surface area (Å²) in [4.78, 5) is 13.6. The molecule has 3 N–H and O–H groups in total. The van der Waals surface area contributed by atoms with Gasteiger partial charge in [0.1, 0.15) is 10.9 Å². The lowest BCUT2D eigenvalue weighted by Gasteiger charge is -2.19. The fraction of sp³-hybridized carbons (Fsp3) is 0.263. The minimum atomic E-state index is 0.0601. The van der Waals surface area contributed by atoms with Gasteiger partial charge in [0.05, 0.1) is 12.2 Å². The lowest BCUT2D eigenvalue weighted by atomic mass is 9.89. The highest BCUT2D eigenvalue weighted by molar-refractivity contribution is 7.99. The molecule has 2 heterocycles. The van der Waals surface area contributed by atoms with Gasteiger partial charge < -0.3 is 10.7 Å². The summed E-state index contributed by atoms with van der Waals surface area (Å²) in [6.07, 6.45) is 1.81. The van der Waals surface area contributed by atoms with Crippen molar-refractivity contribution in [2.45, 2.75) is 36.2 Å². The number of pyridine rings is 1. The van der Waals surface area contributed by atoms with Crippen molar-refractivity contribution in [2.75, 3.05) is 0 Å². The second-order valence-electron chi connectivity index (χ2n) is 6.29. The molecule has 1 aromatic carbocycles. The molecule has 3 aromatic rings. The van der Waals surface area contributed by atoms with Crippen LogP contribution in [-0.4, -0.2) is 15.0 Å². The van der Waals surface area contributed by atoms with Crippen molar-refractivity contribution in [1.29, 1.82) is 0 Å². The number of halogens is 2. The molecule has 0 saturated heterocycles. The highest BCUT2D eigenvalue weighted by Gasteiger charge is 2.26. The van der Waals surface area contributed by atoms with Gasteiger partial charge in [-0.3, -0.25) is 4.98 Å². The van der Waals surface area contributed by atoms with Gasteiger partial charge in [-0.25, -0.2) is 4.98 Å². The van der Waals surface area contributed by atoms with Crippen LogP contribution in [0.5, 0.6) is 0 Å². The molecule has 0 aliphatic rings. The van der Waals surface area contributed by atoms with E-state index < -0.39 is 0 Å². The van der Waals surface area contributed by atoms with E-state index in [9.17, 15) is 0 Å². The van der Waals surface area contributed by atoms with Crippen LogP contribution in [0, 0.1) is 5.92 Å². The Bertz CT molecular complexity index is 860. The lowest BCUT2D eigenvalue weighted by molar-refractivity contribution is 0.535. The van der Waals surface area contributed by atoms with Crippen LogP contribution < -0.4 is 5.73 Å². The smallest absolute Gasteiger partial charge is 0.121 e. The Morgan fingerprint density at radius 2 is 1.88 bits per heavy atom. The monoisotopic (exact) mass is 406 g/mol. The number of hydrogen-bond donors (Lipinski definition) is 2. The van der Waals surface area contributed by atoms with Gasteiger partial charge in [-0.2, -0.15) is 0 Å². The quantitative estimate of drug-likeness (QED) is 0.566. The average Bonchev–Trinajstić information content (AvgIpc) is 2.97. The number of nitrogens with one attached hydrogen (secondary N) is 1. The van der Waals surface area contributed by atoms with Crippen LogP contribution in [0.2, 0.25) is 10.0 Å². The van der Waals surface area contributed by atoms with E-state index in [0.29, 0.717) is 22.5 Å². The van der Waals surface area contributed by atoms with Gasteiger partial charge in [0, 0.05) is 32.7 Å². The summed E-state index contributed by atoms with van der Waals surface area (Å²) in [5, 5.41) is 2.14. The first-order valence-corrected chi connectivity index (χ1v) is 9.89. The highest BCUT2D eigenvalue weighted by Crippen LogP contribution is 2.39. The third-order valence-electron chi connectivity index (χ3n) is 3.96. The number of aromatic nitrogens is 3. The van der Waals surface area contributed by atoms with Crippen LogP contribution in [0.1, 0.15) is 37.0 Å². The number of aromatic amines is 1. The van der Waals surface area contributed by atoms with Crippen LogP contribution in [0.3, 0.4) is 0 Å². The summed E-state index contributed by atoms with van der Waals surface area (Å²) < 4.78 is 0. The Kier molecular flexibility index (Phi) is 6.24. The van der Waals surface area contributed by atoms with Gasteiger partial charge in [0.2, 0.25) is 0 Å². The molecule has 1 atom stereocenters. The Hall–Kier alpha value is -1.53. The molecule has 136 valence electrons. The first kappa shape index (κ1) is 19.2. The van der Waals surface area contributed by atoms with E-state index in [4.69, 9.17) is 33.9 Å². The Morgan fingerprint density at radius 1 is 1.15 bits per heavy atom.